The number of amides is 2. The largest absolute Gasteiger partial charge is 0.382 e. The third-order valence-electron chi connectivity index (χ3n) is 6.53. The Hall–Kier alpha value is -1.66. The van der Waals surface area contributed by atoms with Crippen molar-refractivity contribution in [3.05, 3.63) is 40.9 Å². The number of benzene rings is 1. The quantitative estimate of drug-likeness (QED) is 0.471. The van der Waals surface area contributed by atoms with Gasteiger partial charge in [-0.15, -0.1) is 0 Å². The van der Waals surface area contributed by atoms with E-state index in [4.69, 9.17) is 4.74 Å². The van der Waals surface area contributed by atoms with Gasteiger partial charge >= 0.3 is 0 Å². The summed E-state index contributed by atoms with van der Waals surface area (Å²) in [6, 6.07) is 7.56. The molecule has 2 amide bonds. The number of rotatable bonds is 8. The zero-order chi connectivity index (χ0) is 19.7. The first-order valence-electron chi connectivity index (χ1n) is 10.2. The van der Waals surface area contributed by atoms with Crippen molar-refractivity contribution >= 4 is 33.4 Å². The Morgan fingerprint density at radius 1 is 1.11 bits per heavy atom. The number of ether oxygens (including phenoxy) is 1. The minimum absolute atomic E-state index is 0.00980. The summed E-state index contributed by atoms with van der Waals surface area (Å²) in [5.74, 6) is -0.249. The topological polar surface area (TPSA) is 67.4 Å². The summed E-state index contributed by atoms with van der Waals surface area (Å²) < 4.78 is 6.30. The van der Waals surface area contributed by atoms with Gasteiger partial charge in [-0.1, -0.05) is 28.1 Å². The lowest BCUT2D eigenvalue weighted by Gasteiger charge is -2.26. The molecule has 0 aromatic heterocycles. The van der Waals surface area contributed by atoms with Crippen molar-refractivity contribution in [2.24, 2.45) is 29.1 Å². The van der Waals surface area contributed by atoms with Crippen LogP contribution >= 0.6 is 15.9 Å². The molecule has 3 aliphatic rings. The summed E-state index contributed by atoms with van der Waals surface area (Å²) in [6.45, 7) is 3.88. The molecule has 0 radical (unpaired) electrons. The van der Waals surface area contributed by atoms with E-state index >= 15 is 0 Å². The van der Waals surface area contributed by atoms with Gasteiger partial charge in [0.05, 0.1) is 11.8 Å². The summed E-state index contributed by atoms with van der Waals surface area (Å²) in [4.78, 5) is 26.2. The van der Waals surface area contributed by atoms with Crippen molar-refractivity contribution in [2.45, 2.75) is 26.2 Å². The van der Waals surface area contributed by atoms with Crippen molar-refractivity contribution in [3.63, 3.8) is 0 Å². The highest BCUT2D eigenvalue weighted by Gasteiger charge is 2.69. The van der Waals surface area contributed by atoms with Crippen LogP contribution in [0.2, 0.25) is 0 Å². The minimum atomic E-state index is -0.298. The number of allylic oxidation sites excluding steroid dienone is 2. The van der Waals surface area contributed by atoms with E-state index in [1.807, 2.05) is 31.2 Å². The number of hydrogen-bond acceptors (Lipinski definition) is 3. The molecule has 1 spiro atoms. The van der Waals surface area contributed by atoms with Crippen LogP contribution in [0.1, 0.15) is 26.2 Å². The minimum Gasteiger partial charge on any atom is -0.382 e. The Labute approximate surface area is 174 Å². The molecule has 5 nitrogen and oxygen atoms in total. The molecule has 0 unspecified atom stereocenters. The predicted molar refractivity (Wildman–Crippen MR) is 112 cm³/mol. The summed E-state index contributed by atoms with van der Waals surface area (Å²) in [5.41, 5.74) is 0.912. The summed E-state index contributed by atoms with van der Waals surface area (Å²) in [5, 5.41) is 6.09. The zero-order valence-electron chi connectivity index (χ0n) is 16.1. The van der Waals surface area contributed by atoms with Crippen LogP contribution in [0.3, 0.4) is 0 Å². The number of halogens is 1. The molecule has 1 aromatic rings. The smallest absolute Gasteiger partial charge is 0.228 e. The van der Waals surface area contributed by atoms with Gasteiger partial charge in [0, 0.05) is 29.9 Å². The molecule has 6 heteroatoms. The Bertz CT molecular complexity index is 772. The first kappa shape index (κ1) is 19.6. The summed E-state index contributed by atoms with van der Waals surface area (Å²) >= 11 is 3.41. The molecule has 2 N–H and O–H groups in total. The third-order valence-corrected chi connectivity index (χ3v) is 7.06. The summed E-state index contributed by atoms with van der Waals surface area (Å²) in [6.07, 6.45) is 7.39. The molecule has 1 aromatic carbocycles. The van der Waals surface area contributed by atoms with Crippen LogP contribution in [-0.4, -0.2) is 31.6 Å². The van der Waals surface area contributed by atoms with E-state index in [0.717, 1.165) is 29.4 Å². The average Bonchev–Trinajstić information content (AvgIpc) is 3.36. The van der Waals surface area contributed by atoms with E-state index in [9.17, 15) is 9.59 Å². The van der Waals surface area contributed by atoms with Crippen LogP contribution in [0.25, 0.3) is 0 Å². The van der Waals surface area contributed by atoms with Gasteiger partial charge in [0.1, 0.15) is 0 Å². The number of nitrogens with one attached hydrogen (secondary N) is 2. The second kappa shape index (κ2) is 7.99. The Morgan fingerprint density at radius 3 is 2.36 bits per heavy atom. The van der Waals surface area contributed by atoms with Crippen LogP contribution < -0.4 is 10.6 Å². The van der Waals surface area contributed by atoms with E-state index in [-0.39, 0.29) is 40.9 Å². The zero-order valence-corrected chi connectivity index (χ0v) is 17.7. The molecule has 0 saturated heterocycles. The van der Waals surface area contributed by atoms with Gasteiger partial charge < -0.3 is 15.4 Å². The number of carbonyl (C=O) groups excluding carboxylic acids is 2. The molecule has 4 rings (SSSR count). The Balaban J connectivity index is 1.46. The van der Waals surface area contributed by atoms with Gasteiger partial charge in [-0.25, -0.2) is 0 Å². The Kier molecular flexibility index (Phi) is 5.61. The molecule has 2 saturated carbocycles. The lowest BCUT2D eigenvalue weighted by Crippen LogP contribution is -2.42. The van der Waals surface area contributed by atoms with Gasteiger partial charge in [0.15, 0.2) is 0 Å². The first-order valence-corrected chi connectivity index (χ1v) is 11.0. The molecule has 0 aliphatic heterocycles. The highest BCUT2D eigenvalue weighted by Crippen LogP contribution is 2.72. The van der Waals surface area contributed by atoms with Gasteiger partial charge in [-0.3, -0.25) is 9.59 Å². The molecule has 0 heterocycles. The molecule has 28 heavy (non-hydrogen) atoms. The van der Waals surface area contributed by atoms with Crippen LogP contribution in [0.5, 0.6) is 0 Å². The van der Waals surface area contributed by atoms with Gasteiger partial charge in [0.2, 0.25) is 11.8 Å². The monoisotopic (exact) mass is 446 g/mol. The SMILES string of the molecule is CCOCCCNC(=O)[C@H]1[C@H](C(=O)Nc2ccc(Br)cc2)[C@@H]2C=C[C@H]1C21CC1. The van der Waals surface area contributed by atoms with Gasteiger partial charge in [-0.05, 0) is 67.7 Å². The van der Waals surface area contributed by atoms with Crippen molar-refractivity contribution < 1.29 is 14.3 Å². The Morgan fingerprint density at radius 2 is 1.75 bits per heavy atom. The van der Waals surface area contributed by atoms with Gasteiger partial charge in [-0.2, -0.15) is 0 Å². The molecular weight excluding hydrogens is 420 g/mol. The first-order chi connectivity index (χ1) is 13.6. The van der Waals surface area contributed by atoms with Crippen molar-refractivity contribution in [1.82, 2.24) is 5.32 Å². The van der Waals surface area contributed by atoms with E-state index in [0.29, 0.717) is 19.8 Å². The van der Waals surface area contributed by atoms with Crippen LogP contribution in [0.4, 0.5) is 5.69 Å². The third kappa shape index (κ3) is 3.52. The van der Waals surface area contributed by atoms with Crippen LogP contribution in [0, 0.1) is 29.1 Å². The van der Waals surface area contributed by atoms with E-state index < -0.39 is 0 Å². The molecule has 3 aliphatic carbocycles. The van der Waals surface area contributed by atoms with E-state index in [1.165, 1.54) is 0 Å². The van der Waals surface area contributed by atoms with Crippen molar-refractivity contribution in [1.29, 1.82) is 0 Å². The standard InChI is InChI=1S/C22H27BrN2O3/c1-2-28-13-3-12-24-20(26)18-16-8-9-17(22(16)10-11-22)19(18)21(27)25-15-6-4-14(23)5-7-15/h4-9,16-19H,2-3,10-13H2,1H3,(H,24,26)(H,25,27)/t16-,17+,18-,19-/m1/s1. The molecule has 2 bridgehead atoms. The lowest BCUT2D eigenvalue weighted by molar-refractivity contribution is -0.132. The van der Waals surface area contributed by atoms with Gasteiger partial charge in [0.25, 0.3) is 0 Å². The maximum atomic E-state index is 13.2. The fraction of sp³-hybridized carbons (Fsp3) is 0.545. The number of carbonyl (C=O) groups is 2. The lowest BCUT2D eigenvalue weighted by atomic mass is 9.81. The van der Waals surface area contributed by atoms with Crippen molar-refractivity contribution in [3.8, 4) is 0 Å². The van der Waals surface area contributed by atoms with Crippen LogP contribution in [0.15, 0.2) is 40.9 Å². The molecule has 150 valence electrons. The van der Waals surface area contributed by atoms with Crippen molar-refractivity contribution in [2.75, 3.05) is 25.1 Å². The normalized spacial score (nSPS) is 28.5. The highest BCUT2D eigenvalue weighted by atomic mass is 79.9. The second-order valence-corrected chi connectivity index (χ2v) is 8.97. The highest BCUT2D eigenvalue weighted by molar-refractivity contribution is 9.10. The van der Waals surface area contributed by atoms with E-state index in [2.05, 4.69) is 38.7 Å². The number of hydrogen-bond donors (Lipinski definition) is 2. The van der Waals surface area contributed by atoms with E-state index in [1.54, 1.807) is 0 Å². The predicted octanol–water partition coefficient (Wildman–Crippen LogP) is 3.76. The fourth-order valence-corrected chi connectivity index (χ4v) is 5.38. The molecule has 4 atom stereocenters. The second-order valence-electron chi connectivity index (χ2n) is 8.06. The fourth-order valence-electron chi connectivity index (χ4n) is 5.12. The molecule has 2 fully saturated rings. The average molecular weight is 447 g/mol. The van der Waals surface area contributed by atoms with Crippen LogP contribution in [-0.2, 0) is 14.3 Å². The number of anilines is 1. The molecular formula is C22H27BrN2O3. The maximum Gasteiger partial charge on any atom is 0.228 e. The summed E-state index contributed by atoms with van der Waals surface area (Å²) in [7, 11) is 0. The maximum absolute atomic E-state index is 13.2.